The summed E-state index contributed by atoms with van der Waals surface area (Å²) in [6.45, 7) is 7.85. The molecule has 30 heavy (non-hydrogen) atoms. The number of ether oxygens (including phenoxy) is 2. The standard InChI is InChI=1S/C21H29N3O6/c1-14-5-4-8-22(10-14)18-7-6-17(9-19(18)24(27)28)21(26)29-13-20(25)23-11-15(2)30-16(3)12-23/h6-7,9,14-16H,4-5,8,10-13H2,1-3H3/t14-,15-,16+/m1/s1. The van der Waals surface area contributed by atoms with Crippen LogP contribution in [0.3, 0.4) is 0 Å². The highest BCUT2D eigenvalue weighted by molar-refractivity contribution is 5.93. The van der Waals surface area contributed by atoms with E-state index >= 15 is 0 Å². The summed E-state index contributed by atoms with van der Waals surface area (Å²) in [6.07, 6.45) is 1.91. The Morgan fingerprint density at radius 3 is 2.53 bits per heavy atom. The van der Waals surface area contributed by atoms with E-state index in [2.05, 4.69) is 6.92 Å². The van der Waals surface area contributed by atoms with Crippen LogP contribution in [-0.2, 0) is 14.3 Å². The van der Waals surface area contributed by atoms with Crippen LogP contribution in [0.25, 0.3) is 0 Å². The van der Waals surface area contributed by atoms with Crippen LogP contribution in [0.1, 0.15) is 44.0 Å². The van der Waals surface area contributed by atoms with E-state index in [1.807, 2.05) is 18.7 Å². The maximum absolute atomic E-state index is 12.4. The molecule has 3 rings (SSSR count). The Kier molecular flexibility index (Phi) is 6.91. The highest BCUT2D eigenvalue weighted by atomic mass is 16.6. The van der Waals surface area contributed by atoms with Crippen molar-refractivity contribution in [1.82, 2.24) is 4.90 Å². The molecule has 0 bridgehead atoms. The molecule has 0 N–H and O–H groups in total. The predicted molar refractivity (Wildman–Crippen MR) is 111 cm³/mol. The monoisotopic (exact) mass is 419 g/mol. The summed E-state index contributed by atoms with van der Waals surface area (Å²) < 4.78 is 10.7. The summed E-state index contributed by atoms with van der Waals surface area (Å²) in [7, 11) is 0. The molecule has 9 heteroatoms. The van der Waals surface area contributed by atoms with Crippen LogP contribution in [0, 0.1) is 16.0 Å². The third-order valence-electron chi connectivity index (χ3n) is 5.50. The van der Waals surface area contributed by atoms with Gasteiger partial charge in [-0.1, -0.05) is 6.92 Å². The lowest BCUT2D eigenvalue weighted by atomic mass is 9.99. The minimum atomic E-state index is -0.751. The van der Waals surface area contributed by atoms with E-state index in [1.54, 1.807) is 11.0 Å². The molecule has 2 heterocycles. The number of nitro groups is 1. The number of hydrogen-bond donors (Lipinski definition) is 0. The quantitative estimate of drug-likeness (QED) is 0.411. The first-order valence-corrected chi connectivity index (χ1v) is 10.4. The first-order valence-electron chi connectivity index (χ1n) is 10.4. The fraction of sp³-hybridized carbons (Fsp3) is 0.619. The van der Waals surface area contributed by atoms with E-state index in [0.717, 1.165) is 25.9 Å². The molecule has 0 radical (unpaired) electrons. The van der Waals surface area contributed by atoms with Crippen LogP contribution in [-0.4, -0.2) is 66.7 Å². The number of amides is 1. The van der Waals surface area contributed by atoms with Crippen molar-refractivity contribution in [1.29, 1.82) is 0 Å². The molecule has 9 nitrogen and oxygen atoms in total. The zero-order valence-corrected chi connectivity index (χ0v) is 17.7. The number of piperidine rings is 1. The fourth-order valence-corrected chi connectivity index (χ4v) is 4.16. The van der Waals surface area contributed by atoms with Gasteiger partial charge in [0.2, 0.25) is 0 Å². The largest absolute Gasteiger partial charge is 0.452 e. The molecule has 0 spiro atoms. The Morgan fingerprint density at radius 2 is 1.90 bits per heavy atom. The Balaban J connectivity index is 1.66. The van der Waals surface area contributed by atoms with Gasteiger partial charge in [0.15, 0.2) is 6.61 Å². The normalized spacial score (nSPS) is 24.4. The number of carbonyl (C=O) groups is 2. The molecule has 1 amide bonds. The van der Waals surface area contributed by atoms with Gasteiger partial charge in [-0.3, -0.25) is 14.9 Å². The highest BCUT2D eigenvalue weighted by Gasteiger charge is 2.28. The van der Waals surface area contributed by atoms with Crippen LogP contribution in [0.4, 0.5) is 11.4 Å². The second-order valence-electron chi connectivity index (χ2n) is 8.29. The summed E-state index contributed by atoms with van der Waals surface area (Å²) in [6, 6.07) is 4.35. The van der Waals surface area contributed by atoms with Gasteiger partial charge >= 0.3 is 5.97 Å². The predicted octanol–water partition coefficient (Wildman–Crippen LogP) is 2.62. The average Bonchev–Trinajstić information content (AvgIpc) is 2.70. The highest BCUT2D eigenvalue weighted by Crippen LogP contribution is 2.32. The molecule has 0 saturated carbocycles. The molecule has 2 fully saturated rings. The van der Waals surface area contributed by atoms with Gasteiger partial charge in [0, 0.05) is 32.2 Å². The van der Waals surface area contributed by atoms with Gasteiger partial charge in [-0.2, -0.15) is 0 Å². The van der Waals surface area contributed by atoms with E-state index in [0.29, 0.717) is 24.7 Å². The molecule has 0 aromatic heterocycles. The van der Waals surface area contributed by atoms with Gasteiger partial charge in [0.05, 0.1) is 22.7 Å². The third kappa shape index (κ3) is 5.27. The number of morpholine rings is 1. The molecule has 2 saturated heterocycles. The molecular weight excluding hydrogens is 390 g/mol. The summed E-state index contributed by atoms with van der Waals surface area (Å²) in [5, 5.41) is 11.6. The fourth-order valence-electron chi connectivity index (χ4n) is 4.16. The van der Waals surface area contributed by atoms with Crippen LogP contribution in [0.15, 0.2) is 18.2 Å². The van der Waals surface area contributed by atoms with Crippen LogP contribution >= 0.6 is 0 Å². The smallest absolute Gasteiger partial charge is 0.338 e. The van der Waals surface area contributed by atoms with Crippen LogP contribution in [0.5, 0.6) is 0 Å². The van der Waals surface area contributed by atoms with Crippen molar-refractivity contribution in [2.45, 2.75) is 45.8 Å². The van der Waals surface area contributed by atoms with E-state index in [4.69, 9.17) is 9.47 Å². The zero-order valence-electron chi connectivity index (χ0n) is 17.7. The third-order valence-corrected chi connectivity index (χ3v) is 5.50. The minimum Gasteiger partial charge on any atom is -0.452 e. The SMILES string of the molecule is C[C@@H]1CCCN(c2ccc(C(=O)OCC(=O)N3C[C@@H](C)O[C@@H](C)C3)cc2[N+](=O)[O-])C1. The second kappa shape index (κ2) is 9.42. The van der Waals surface area contributed by atoms with E-state index in [-0.39, 0.29) is 29.4 Å². The van der Waals surface area contributed by atoms with Crippen molar-refractivity contribution in [2.75, 3.05) is 37.7 Å². The summed E-state index contributed by atoms with van der Waals surface area (Å²) >= 11 is 0. The van der Waals surface area contributed by atoms with Gasteiger partial charge in [0.25, 0.3) is 11.6 Å². The molecule has 1 aromatic carbocycles. The first-order chi connectivity index (χ1) is 14.2. The maximum Gasteiger partial charge on any atom is 0.338 e. The molecule has 164 valence electrons. The molecule has 3 atom stereocenters. The number of carbonyl (C=O) groups excluding carboxylic acids is 2. The van der Waals surface area contributed by atoms with E-state index < -0.39 is 17.5 Å². The molecule has 1 aromatic rings. The lowest BCUT2D eigenvalue weighted by Gasteiger charge is -2.35. The molecule has 0 unspecified atom stereocenters. The maximum atomic E-state index is 12.4. The molecule has 0 aliphatic carbocycles. The summed E-state index contributed by atoms with van der Waals surface area (Å²) in [4.78, 5) is 39.5. The van der Waals surface area contributed by atoms with Gasteiger partial charge in [-0.25, -0.2) is 4.79 Å². The Morgan fingerprint density at radius 1 is 1.20 bits per heavy atom. The van der Waals surface area contributed by atoms with Crippen molar-refractivity contribution >= 4 is 23.3 Å². The van der Waals surface area contributed by atoms with Gasteiger partial charge in [0.1, 0.15) is 5.69 Å². The van der Waals surface area contributed by atoms with Crippen molar-refractivity contribution in [3.8, 4) is 0 Å². The molecule has 2 aliphatic rings. The number of rotatable bonds is 5. The first kappa shape index (κ1) is 22.0. The number of anilines is 1. The minimum absolute atomic E-state index is 0.0621. The zero-order chi connectivity index (χ0) is 21.8. The van der Waals surface area contributed by atoms with Crippen molar-refractivity contribution < 1.29 is 24.0 Å². The number of hydrogen-bond acceptors (Lipinski definition) is 7. The van der Waals surface area contributed by atoms with Crippen LogP contribution < -0.4 is 4.90 Å². The second-order valence-corrected chi connectivity index (χ2v) is 8.29. The number of nitrogens with zero attached hydrogens (tertiary/aromatic N) is 3. The Labute approximate surface area is 176 Å². The lowest BCUT2D eigenvalue weighted by molar-refractivity contribution is -0.384. The molecular formula is C21H29N3O6. The van der Waals surface area contributed by atoms with Crippen molar-refractivity contribution in [2.24, 2.45) is 5.92 Å². The molecule has 2 aliphatic heterocycles. The van der Waals surface area contributed by atoms with Gasteiger partial charge in [-0.15, -0.1) is 0 Å². The van der Waals surface area contributed by atoms with E-state index in [1.165, 1.54) is 12.1 Å². The number of esters is 1. The topological polar surface area (TPSA) is 102 Å². The van der Waals surface area contributed by atoms with Gasteiger partial charge in [-0.05, 0) is 44.7 Å². The lowest BCUT2D eigenvalue weighted by Crippen LogP contribution is -2.49. The number of nitro benzene ring substituents is 1. The summed E-state index contributed by atoms with van der Waals surface area (Å²) in [5.74, 6) is -0.599. The van der Waals surface area contributed by atoms with Gasteiger partial charge < -0.3 is 19.3 Å². The Bertz CT molecular complexity index is 804. The van der Waals surface area contributed by atoms with Crippen molar-refractivity contribution in [3.63, 3.8) is 0 Å². The van der Waals surface area contributed by atoms with Crippen LogP contribution in [0.2, 0.25) is 0 Å². The number of benzene rings is 1. The Hall–Kier alpha value is -2.68. The van der Waals surface area contributed by atoms with Crippen molar-refractivity contribution in [3.05, 3.63) is 33.9 Å². The van der Waals surface area contributed by atoms with E-state index in [9.17, 15) is 19.7 Å². The average molecular weight is 419 g/mol. The summed E-state index contributed by atoms with van der Waals surface area (Å²) in [5.41, 5.74) is 0.447.